The third-order valence-electron chi connectivity index (χ3n) is 3.08. The van der Waals surface area contributed by atoms with Gasteiger partial charge in [0.05, 0.1) is 5.75 Å². The van der Waals surface area contributed by atoms with Crippen LogP contribution in [0.3, 0.4) is 0 Å². The Labute approximate surface area is 156 Å². The Morgan fingerprint density at radius 3 is 2.52 bits per heavy atom. The second-order valence-corrected chi connectivity index (χ2v) is 7.32. The number of hydrogen-bond acceptors (Lipinski definition) is 4. The maximum absolute atomic E-state index is 12.1. The van der Waals surface area contributed by atoms with Gasteiger partial charge in [-0.05, 0) is 59.0 Å². The van der Waals surface area contributed by atoms with E-state index in [1.54, 1.807) is 12.1 Å². The molecule has 1 aromatic heterocycles. The van der Waals surface area contributed by atoms with Crippen molar-refractivity contribution in [2.45, 2.75) is 5.16 Å². The number of nitrogens with one attached hydrogen (secondary N) is 1. The van der Waals surface area contributed by atoms with E-state index in [1.165, 1.54) is 11.8 Å². The van der Waals surface area contributed by atoms with Crippen molar-refractivity contribution in [2.24, 2.45) is 0 Å². The molecule has 0 atom stereocenters. The molecular weight excluding hydrogens is 445 g/mol. The number of carbonyl (C=O) groups is 1. The number of carbonyl (C=O) groups excluding carboxylic acids is 1. The number of Topliss-reactive ketones (excluding diaryl/α,β-unsaturated/α-hetero) is 1. The molecule has 0 saturated carbocycles. The number of halogens is 2. The van der Waals surface area contributed by atoms with Crippen LogP contribution in [0, 0.1) is 3.57 Å². The van der Waals surface area contributed by atoms with Gasteiger partial charge in [-0.2, -0.15) is 0 Å². The van der Waals surface area contributed by atoms with Crippen molar-refractivity contribution in [3.05, 3.63) is 62.7 Å². The molecule has 4 nitrogen and oxygen atoms in total. The van der Waals surface area contributed by atoms with Gasteiger partial charge in [-0.1, -0.05) is 35.5 Å². The number of rotatable bonds is 5. The van der Waals surface area contributed by atoms with E-state index in [0.29, 0.717) is 27.3 Å². The van der Waals surface area contributed by atoms with Gasteiger partial charge in [0.2, 0.25) is 5.16 Å². The topological polar surface area (TPSA) is 58.6 Å². The van der Waals surface area contributed by atoms with E-state index in [-0.39, 0.29) is 5.78 Å². The van der Waals surface area contributed by atoms with Crippen LogP contribution in [-0.4, -0.2) is 26.7 Å². The first-order valence-corrected chi connectivity index (χ1v) is 9.16. The Morgan fingerprint density at radius 2 is 1.83 bits per heavy atom. The van der Waals surface area contributed by atoms with Crippen molar-refractivity contribution in [2.75, 3.05) is 5.75 Å². The van der Waals surface area contributed by atoms with Crippen LogP contribution in [0.4, 0.5) is 0 Å². The van der Waals surface area contributed by atoms with Gasteiger partial charge < -0.3 is 0 Å². The van der Waals surface area contributed by atoms with Gasteiger partial charge in [-0.15, -0.1) is 5.10 Å². The van der Waals surface area contributed by atoms with Gasteiger partial charge in [-0.25, -0.2) is 4.98 Å². The number of thioether (sulfide) groups is 1. The molecule has 23 heavy (non-hydrogen) atoms. The predicted molar refractivity (Wildman–Crippen MR) is 101 cm³/mol. The number of aromatic nitrogens is 3. The maximum atomic E-state index is 12.1. The number of H-pyrrole nitrogens is 1. The fourth-order valence-electron chi connectivity index (χ4n) is 1.90. The Balaban J connectivity index is 1.64. The molecule has 0 bridgehead atoms. The molecule has 0 aliphatic heterocycles. The fourth-order valence-corrected chi connectivity index (χ4v) is 3.08. The molecule has 0 spiro atoms. The average Bonchev–Trinajstić information content (AvgIpc) is 3.03. The Kier molecular flexibility index (Phi) is 5.34. The molecule has 0 fully saturated rings. The summed E-state index contributed by atoms with van der Waals surface area (Å²) in [4.78, 5) is 16.5. The molecule has 0 saturated heterocycles. The van der Waals surface area contributed by atoms with Crippen LogP contribution in [-0.2, 0) is 0 Å². The van der Waals surface area contributed by atoms with E-state index >= 15 is 0 Å². The molecule has 1 heterocycles. The molecule has 3 aromatic rings. The Bertz CT molecular complexity index is 818. The zero-order chi connectivity index (χ0) is 16.2. The lowest BCUT2D eigenvalue weighted by atomic mass is 10.2. The fraction of sp³-hybridized carbons (Fsp3) is 0.0625. The number of nitrogens with zero attached hydrogens (tertiary/aromatic N) is 2. The van der Waals surface area contributed by atoms with Crippen molar-refractivity contribution in [3.8, 4) is 11.4 Å². The zero-order valence-corrected chi connectivity index (χ0v) is 15.5. The highest BCUT2D eigenvalue weighted by Gasteiger charge is 2.10. The summed E-state index contributed by atoms with van der Waals surface area (Å²) in [5.41, 5.74) is 1.60. The van der Waals surface area contributed by atoms with Crippen molar-refractivity contribution < 1.29 is 4.79 Å². The summed E-state index contributed by atoms with van der Waals surface area (Å²) in [6.07, 6.45) is 0. The Morgan fingerprint density at radius 1 is 1.13 bits per heavy atom. The predicted octanol–water partition coefficient (Wildman–Crippen LogP) is 4.70. The highest BCUT2D eigenvalue weighted by atomic mass is 127. The zero-order valence-electron chi connectivity index (χ0n) is 11.8. The normalized spacial score (nSPS) is 10.7. The van der Waals surface area contributed by atoms with E-state index in [0.717, 1.165) is 9.13 Å². The minimum atomic E-state index is 0.0595. The van der Waals surface area contributed by atoms with Crippen LogP contribution in [0.25, 0.3) is 11.4 Å². The van der Waals surface area contributed by atoms with E-state index in [2.05, 4.69) is 37.8 Å². The van der Waals surface area contributed by atoms with E-state index in [9.17, 15) is 4.79 Å². The van der Waals surface area contributed by atoms with E-state index in [4.69, 9.17) is 11.6 Å². The van der Waals surface area contributed by atoms with E-state index < -0.39 is 0 Å². The third-order valence-corrected chi connectivity index (χ3v) is 4.90. The molecule has 0 radical (unpaired) electrons. The quantitative estimate of drug-likeness (QED) is 0.344. The van der Waals surface area contributed by atoms with Crippen molar-refractivity contribution in [3.63, 3.8) is 0 Å². The number of benzene rings is 2. The number of aromatic amines is 1. The molecule has 0 aliphatic rings. The van der Waals surface area contributed by atoms with Crippen LogP contribution >= 0.6 is 46.0 Å². The summed E-state index contributed by atoms with van der Waals surface area (Å²) < 4.78 is 1.10. The minimum Gasteiger partial charge on any atom is -0.293 e. The molecule has 0 aliphatic carbocycles. The lowest BCUT2D eigenvalue weighted by Gasteiger charge is -1.99. The lowest BCUT2D eigenvalue weighted by Crippen LogP contribution is -2.02. The van der Waals surface area contributed by atoms with Gasteiger partial charge in [0.15, 0.2) is 11.6 Å². The summed E-state index contributed by atoms with van der Waals surface area (Å²) in [7, 11) is 0. The molecule has 2 aromatic carbocycles. The first-order valence-electron chi connectivity index (χ1n) is 6.72. The van der Waals surface area contributed by atoms with Gasteiger partial charge in [0.25, 0.3) is 0 Å². The molecule has 0 unspecified atom stereocenters. The molecule has 116 valence electrons. The monoisotopic (exact) mass is 455 g/mol. The lowest BCUT2D eigenvalue weighted by molar-refractivity contribution is 0.102. The molecule has 0 amide bonds. The van der Waals surface area contributed by atoms with Gasteiger partial charge in [0.1, 0.15) is 0 Å². The second kappa shape index (κ2) is 7.46. The minimum absolute atomic E-state index is 0.0595. The third kappa shape index (κ3) is 4.33. The van der Waals surface area contributed by atoms with E-state index in [1.807, 2.05) is 36.4 Å². The van der Waals surface area contributed by atoms with Crippen LogP contribution in [0.2, 0.25) is 5.02 Å². The maximum Gasteiger partial charge on any atom is 0.209 e. The molecule has 1 N–H and O–H groups in total. The summed E-state index contributed by atoms with van der Waals surface area (Å²) >= 11 is 9.40. The molecule has 3 rings (SSSR count). The smallest absolute Gasteiger partial charge is 0.209 e. The highest BCUT2D eigenvalue weighted by Crippen LogP contribution is 2.21. The van der Waals surface area contributed by atoms with Crippen molar-refractivity contribution >= 4 is 51.7 Å². The Hall–Kier alpha value is -1.38. The van der Waals surface area contributed by atoms with Crippen LogP contribution in [0.15, 0.2) is 53.7 Å². The van der Waals surface area contributed by atoms with Crippen molar-refractivity contribution in [1.29, 1.82) is 0 Å². The van der Waals surface area contributed by atoms with Crippen LogP contribution < -0.4 is 0 Å². The van der Waals surface area contributed by atoms with Crippen LogP contribution in [0.5, 0.6) is 0 Å². The van der Waals surface area contributed by atoms with Gasteiger partial charge >= 0.3 is 0 Å². The highest BCUT2D eigenvalue weighted by molar-refractivity contribution is 14.1. The summed E-state index contributed by atoms with van der Waals surface area (Å²) in [6, 6.07) is 14.8. The standard InChI is InChI=1S/C16H11ClIN3OS/c17-12-5-1-11(2-6-12)15-19-16(21-20-15)23-9-14(22)10-3-7-13(18)8-4-10/h1-8H,9H2,(H,19,20,21). The first kappa shape index (κ1) is 16.5. The van der Waals surface area contributed by atoms with Crippen molar-refractivity contribution in [1.82, 2.24) is 15.2 Å². The summed E-state index contributed by atoms with van der Waals surface area (Å²) in [5, 5.41) is 8.23. The average molecular weight is 456 g/mol. The van der Waals surface area contributed by atoms with Gasteiger partial charge in [-0.3, -0.25) is 9.89 Å². The SMILES string of the molecule is O=C(CSc1n[nH]c(-c2ccc(Cl)cc2)n1)c1ccc(I)cc1. The first-order chi connectivity index (χ1) is 11.1. The molecule has 7 heteroatoms. The number of ketones is 1. The molecular formula is C16H11ClIN3OS. The van der Waals surface area contributed by atoms with Gasteiger partial charge in [0, 0.05) is 19.7 Å². The largest absolute Gasteiger partial charge is 0.293 e. The second-order valence-electron chi connectivity index (χ2n) is 4.69. The summed E-state index contributed by atoms with van der Waals surface area (Å²) in [5.74, 6) is 1.02. The number of hydrogen-bond donors (Lipinski definition) is 1. The van der Waals surface area contributed by atoms with Crippen LogP contribution in [0.1, 0.15) is 10.4 Å². The summed E-state index contributed by atoms with van der Waals surface area (Å²) in [6.45, 7) is 0.